The molecular formula is C16H27BrN2O. The number of hydrogen-bond acceptors (Lipinski definition) is 2. The van der Waals surface area contributed by atoms with Crippen molar-refractivity contribution in [3.05, 3.63) is 15.9 Å². The molecule has 1 aromatic heterocycles. The van der Waals surface area contributed by atoms with Crippen LogP contribution >= 0.6 is 15.9 Å². The molecule has 2 rings (SSSR count). The zero-order valence-electron chi connectivity index (χ0n) is 13.1. The van der Waals surface area contributed by atoms with Gasteiger partial charge in [0.05, 0.1) is 21.5 Å². The zero-order valence-corrected chi connectivity index (χ0v) is 14.7. The molecule has 0 saturated heterocycles. The maximum atomic E-state index is 10.9. The lowest BCUT2D eigenvalue weighted by Gasteiger charge is -2.37. The smallest absolute Gasteiger partial charge is 0.0738 e. The lowest BCUT2D eigenvalue weighted by molar-refractivity contribution is -0.0162. The molecular weight excluding hydrogens is 316 g/mol. The van der Waals surface area contributed by atoms with E-state index in [2.05, 4.69) is 41.8 Å². The van der Waals surface area contributed by atoms with Gasteiger partial charge in [-0.3, -0.25) is 4.68 Å². The third-order valence-electron chi connectivity index (χ3n) is 4.85. The number of halogens is 1. The van der Waals surface area contributed by atoms with Gasteiger partial charge in [-0.15, -0.1) is 0 Å². The van der Waals surface area contributed by atoms with E-state index in [9.17, 15) is 5.11 Å². The summed E-state index contributed by atoms with van der Waals surface area (Å²) < 4.78 is 3.09. The number of nitrogens with zero attached hydrogens (tertiary/aromatic N) is 2. The molecule has 3 nitrogen and oxygen atoms in total. The van der Waals surface area contributed by atoms with E-state index in [-0.39, 0.29) is 0 Å². The van der Waals surface area contributed by atoms with Crippen molar-refractivity contribution < 1.29 is 5.11 Å². The predicted octanol–water partition coefficient (Wildman–Crippen LogP) is 4.09. The van der Waals surface area contributed by atoms with E-state index in [0.29, 0.717) is 6.42 Å². The van der Waals surface area contributed by atoms with E-state index in [1.165, 1.54) is 0 Å². The van der Waals surface area contributed by atoms with E-state index in [1.54, 1.807) is 0 Å². The standard InChI is InChI=1S/C16H27BrN2O/c1-5-19-14(15(17)12(4)18-19)10-16(20)8-6-13(7-9-16)11(2)3/h11,13,20H,5-10H2,1-4H3. The Morgan fingerprint density at radius 1 is 1.40 bits per heavy atom. The first-order chi connectivity index (χ1) is 9.36. The second kappa shape index (κ2) is 6.18. The van der Waals surface area contributed by atoms with Crippen LogP contribution in [0.2, 0.25) is 0 Å². The van der Waals surface area contributed by atoms with Crippen molar-refractivity contribution in [1.82, 2.24) is 9.78 Å². The van der Waals surface area contributed by atoms with Gasteiger partial charge in [-0.2, -0.15) is 5.10 Å². The summed E-state index contributed by atoms with van der Waals surface area (Å²) >= 11 is 3.63. The average molecular weight is 343 g/mol. The van der Waals surface area contributed by atoms with Crippen LogP contribution in [0.1, 0.15) is 57.8 Å². The summed E-state index contributed by atoms with van der Waals surface area (Å²) in [5.41, 5.74) is 1.62. The van der Waals surface area contributed by atoms with Crippen LogP contribution in [0.15, 0.2) is 4.47 Å². The zero-order chi connectivity index (χ0) is 14.9. The maximum Gasteiger partial charge on any atom is 0.0738 e. The predicted molar refractivity (Wildman–Crippen MR) is 85.8 cm³/mol. The van der Waals surface area contributed by atoms with Crippen LogP contribution < -0.4 is 0 Å². The van der Waals surface area contributed by atoms with E-state index in [4.69, 9.17) is 0 Å². The molecule has 0 atom stereocenters. The molecule has 20 heavy (non-hydrogen) atoms. The summed E-state index contributed by atoms with van der Waals surface area (Å²) in [6.45, 7) is 9.55. The molecule has 0 amide bonds. The van der Waals surface area contributed by atoms with Crippen molar-refractivity contribution in [3.8, 4) is 0 Å². The Morgan fingerprint density at radius 3 is 2.50 bits per heavy atom. The quantitative estimate of drug-likeness (QED) is 0.894. The first-order valence-corrected chi connectivity index (χ1v) is 8.59. The Morgan fingerprint density at radius 2 is 2.00 bits per heavy atom. The van der Waals surface area contributed by atoms with Gasteiger partial charge < -0.3 is 5.11 Å². The van der Waals surface area contributed by atoms with Gasteiger partial charge in [-0.25, -0.2) is 0 Å². The van der Waals surface area contributed by atoms with Crippen LogP contribution in [-0.4, -0.2) is 20.5 Å². The van der Waals surface area contributed by atoms with Gasteiger partial charge in [0, 0.05) is 13.0 Å². The Kier molecular flexibility index (Phi) is 4.96. The van der Waals surface area contributed by atoms with Crippen LogP contribution in [0.4, 0.5) is 0 Å². The van der Waals surface area contributed by atoms with E-state index in [1.807, 2.05) is 11.6 Å². The molecule has 0 spiro atoms. The maximum absolute atomic E-state index is 10.9. The minimum Gasteiger partial charge on any atom is -0.389 e. The van der Waals surface area contributed by atoms with Gasteiger partial charge >= 0.3 is 0 Å². The highest BCUT2D eigenvalue weighted by Gasteiger charge is 2.35. The summed E-state index contributed by atoms with van der Waals surface area (Å²) in [6, 6.07) is 0. The highest BCUT2D eigenvalue weighted by atomic mass is 79.9. The number of rotatable bonds is 4. The number of aliphatic hydroxyl groups is 1. The molecule has 0 unspecified atom stereocenters. The average Bonchev–Trinajstić information content (AvgIpc) is 2.66. The highest BCUT2D eigenvalue weighted by molar-refractivity contribution is 9.10. The Labute approximate surface area is 130 Å². The van der Waals surface area contributed by atoms with Crippen molar-refractivity contribution >= 4 is 15.9 Å². The van der Waals surface area contributed by atoms with Gasteiger partial charge in [0.1, 0.15) is 0 Å². The van der Waals surface area contributed by atoms with Crippen LogP contribution in [-0.2, 0) is 13.0 Å². The van der Waals surface area contributed by atoms with Gasteiger partial charge in [0.25, 0.3) is 0 Å². The second-order valence-corrected chi connectivity index (χ2v) is 7.44. The molecule has 1 saturated carbocycles. The van der Waals surface area contributed by atoms with E-state index in [0.717, 1.165) is 59.9 Å². The largest absolute Gasteiger partial charge is 0.389 e. The summed E-state index contributed by atoms with van der Waals surface area (Å²) in [5, 5.41) is 15.4. The fourth-order valence-corrected chi connectivity index (χ4v) is 3.79. The molecule has 1 fully saturated rings. The monoisotopic (exact) mass is 342 g/mol. The number of hydrogen-bond donors (Lipinski definition) is 1. The van der Waals surface area contributed by atoms with Gasteiger partial charge in [0.2, 0.25) is 0 Å². The third-order valence-corrected chi connectivity index (χ3v) is 5.88. The van der Waals surface area contributed by atoms with Crippen molar-refractivity contribution in [1.29, 1.82) is 0 Å². The molecule has 0 bridgehead atoms. The van der Waals surface area contributed by atoms with E-state index >= 15 is 0 Å². The summed E-state index contributed by atoms with van der Waals surface area (Å²) in [7, 11) is 0. The molecule has 1 aliphatic carbocycles. The minimum absolute atomic E-state index is 0.548. The molecule has 1 aliphatic rings. The highest BCUT2D eigenvalue weighted by Crippen LogP contribution is 2.38. The lowest BCUT2D eigenvalue weighted by atomic mass is 9.73. The fourth-order valence-electron chi connectivity index (χ4n) is 3.37. The fraction of sp³-hybridized carbons (Fsp3) is 0.812. The summed E-state index contributed by atoms with van der Waals surface area (Å²) in [4.78, 5) is 0. The second-order valence-electron chi connectivity index (χ2n) is 6.64. The van der Waals surface area contributed by atoms with Crippen molar-refractivity contribution in [3.63, 3.8) is 0 Å². The number of aryl methyl sites for hydroxylation is 2. The molecule has 0 aromatic carbocycles. The topological polar surface area (TPSA) is 38.0 Å². The molecule has 114 valence electrons. The minimum atomic E-state index is -0.548. The van der Waals surface area contributed by atoms with Crippen molar-refractivity contribution in [2.45, 2.75) is 71.9 Å². The van der Waals surface area contributed by atoms with Crippen LogP contribution in [0.3, 0.4) is 0 Å². The molecule has 1 N–H and O–H groups in total. The first-order valence-electron chi connectivity index (χ1n) is 7.80. The number of aromatic nitrogens is 2. The molecule has 4 heteroatoms. The van der Waals surface area contributed by atoms with Gasteiger partial charge in [0.15, 0.2) is 0 Å². The van der Waals surface area contributed by atoms with Crippen LogP contribution in [0.5, 0.6) is 0 Å². The third kappa shape index (κ3) is 3.28. The van der Waals surface area contributed by atoms with E-state index < -0.39 is 5.60 Å². The van der Waals surface area contributed by atoms with Crippen molar-refractivity contribution in [2.24, 2.45) is 11.8 Å². The molecule has 1 heterocycles. The van der Waals surface area contributed by atoms with Crippen LogP contribution in [0, 0.1) is 18.8 Å². The Balaban J connectivity index is 2.10. The van der Waals surface area contributed by atoms with Crippen LogP contribution in [0.25, 0.3) is 0 Å². The molecule has 0 aliphatic heterocycles. The first kappa shape index (κ1) is 16.0. The molecule has 1 aromatic rings. The summed E-state index contributed by atoms with van der Waals surface area (Å²) in [5.74, 6) is 1.51. The SMILES string of the molecule is CCn1nc(C)c(Br)c1CC1(O)CCC(C(C)C)CC1. The van der Waals surface area contributed by atoms with Crippen molar-refractivity contribution in [2.75, 3.05) is 0 Å². The normalized spacial score (nSPS) is 27.2. The Hall–Kier alpha value is -0.350. The van der Waals surface area contributed by atoms with Gasteiger partial charge in [-0.1, -0.05) is 13.8 Å². The van der Waals surface area contributed by atoms with Gasteiger partial charge in [-0.05, 0) is 67.3 Å². The Bertz CT molecular complexity index is 459. The lowest BCUT2D eigenvalue weighted by Crippen LogP contribution is -2.38. The molecule has 0 radical (unpaired) electrons. The summed E-state index contributed by atoms with van der Waals surface area (Å²) in [6.07, 6.45) is 4.83.